The molecule has 0 unspecified atom stereocenters. The molecule has 0 fully saturated rings. The highest BCUT2D eigenvalue weighted by Gasteiger charge is 2.30. The molecule has 2 aromatic carbocycles. The van der Waals surface area contributed by atoms with Gasteiger partial charge in [0.1, 0.15) is 4.90 Å². The second-order valence-electron chi connectivity index (χ2n) is 7.51. The average molecular weight is 433 g/mol. The molecule has 3 aromatic rings. The van der Waals surface area contributed by atoms with Gasteiger partial charge in [-0.2, -0.15) is 0 Å². The Balaban J connectivity index is 1.55. The van der Waals surface area contributed by atoms with Crippen molar-refractivity contribution in [3.05, 3.63) is 71.9 Å². The minimum Gasteiger partial charge on any atom is -0.423 e. The van der Waals surface area contributed by atoms with Crippen LogP contribution in [0.5, 0.6) is 0 Å². The van der Waals surface area contributed by atoms with Crippen LogP contribution in [0, 0.1) is 0 Å². The predicted molar refractivity (Wildman–Crippen MR) is 119 cm³/mol. The van der Waals surface area contributed by atoms with Crippen molar-refractivity contribution < 1.29 is 18.1 Å². The van der Waals surface area contributed by atoms with E-state index in [0.717, 1.165) is 16.6 Å². The Morgan fingerprint density at radius 3 is 2.48 bits per heavy atom. The topological polar surface area (TPSA) is 101 Å². The number of benzene rings is 2. The minimum absolute atomic E-state index is 0.0910. The van der Waals surface area contributed by atoms with E-state index in [1.807, 2.05) is 60.7 Å². The summed E-state index contributed by atoms with van der Waals surface area (Å²) in [7, 11) is -4.39. The first-order valence-corrected chi connectivity index (χ1v) is 11.7. The summed E-state index contributed by atoms with van der Waals surface area (Å²) < 4.78 is 30.8. The second kappa shape index (κ2) is 7.92. The lowest BCUT2D eigenvalue weighted by Crippen LogP contribution is -2.20. The molecule has 0 saturated carbocycles. The molecule has 2 N–H and O–H groups in total. The Hall–Kier alpha value is -3.01. The average Bonchev–Trinajstić information content (AvgIpc) is 3.20. The Bertz CT molecular complexity index is 1260. The number of aryl methyl sites for hydroxylation is 1. The van der Waals surface area contributed by atoms with Crippen LogP contribution in [-0.4, -0.2) is 42.9 Å². The van der Waals surface area contributed by atoms with Crippen LogP contribution in [-0.2, 0) is 20.9 Å². The Morgan fingerprint density at radius 1 is 1.00 bits per heavy atom. The maximum Gasteiger partial charge on any atom is 0.491 e. The highest BCUT2D eigenvalue weighted by Crippen LogP contribution is 2.34. The minimum atomic E-state index is -3.47. The van der Waals surface area contributed by atoms with E-state index in [1.54, 1.807) is 0 Å². The Kier molecular flexibility index (Phi) is 5.09. The molecule has 0 aliphatic carbocycles. The number of rotatable bonds is 4. The highest BCUT2D eigenvalue weighted by molar-refractivity contribution is 7.91. The number of hydrogen-bond acceptors (Lipinski definition) is 7. The van der Waals surface area contributed by atoms with Gasteiger partial charge in [-0.15, -0.1) is 0 Å². The second-order valence-corrected chi connectivity index (χ2v) is 9.55. The van der Waals surface area contributed by atoms with Gasteiger partial charge in [0.2, 0.25) is 0 Å². The van der Waals surface area contributed by atoms with Crippen molar-refractivity contribution in [3.63, 3.8) is 0 Å². The zero-order chi connectivity index (χ0) is 21.4. The molecule has 31 heavy (non-hydrogen) atoms. The molecular weight excluding hydrogens is 413 g/mol. The van der Waals surface area contributed by atoms with Crippen molar-refractivity contribution in [2.45, 2.75) is 17.7 Å². The van der Waals surface area contributed by atoms with Gasteiger partial charge in [-0.05, 0) is 36.0 Å². The number of hydrogen-bond donors (Lipinski definition) is 2. The van der Waals surface area contributed by atoms with Crippen LogP contribution in [0.3, 0.4) is 0 Å². The summed E-state index contributed by atoms with van der Waals surface area (Å²) in [5.41, 5.74) is 3.64. The van der Waals surface area contributed by atoms with E-state index in [4.69, 9.17) is 4.65 Å². The maximum atomic E-state index is 12.8. The number of nitrogens with one attached hydrogen (secondary N) is 1. The Labute approximate surface area is 180 Å². The summed E-state index contributed by atoms with van der Waals surface area (Å²) in [6, 6.07) is 16.9. The van der Waals surface area contributed by atoms with Crippen LogP contribution >= 0.6 is 0 Å². The smallest absolute Gasteiger partial charge is 0.423 e. The molecule has 0 saturated heterocycles. The first-order valence-electron chi connectivity index (χ1n) is 10.1. The van der Waals surface area contributed by atoms with Crippen LogP contribution < -0.4 is 5.32 Å². The van der Waals surface area contributed by atoms with Crippen molar-refractivity contribution in [3.8, 4) is 11.4 Å². The van der Waals surface area contributed by atoms with E-state index < -0.39 is 17.0 Å². The fraction of sp³-hybridized carbons (Fsp3) is 0.182. The molecule has 3 heterocycles. The first-order chi connectivity index (χ1) is 15.0. The van der Waals surface area contributed by atoms with E-state index in [9.17, 15) is 13.4 Å². The van der Waals surface area contributed by atoms with Crippen molar-refractivity contribution in [2.24, 2.45) is 0 Å². The number of sulfone groups is 1. The standard InChI is InChI=1S/C22H20BN3O4S/c27-23-18(12-13-30-23)15-8-10-17(11-9-15)24-22-20-19(7-4-14-31(20,28)29)25-21(26-22)16-5-2-1-3-6-16/h1-3,5-6,8-12,27H,4,7,13-14H2,(H,24,25,26). The summed E-state index contributed by atoms with van der Waals surface area (Å²) >= 11 is 0. The number of anilines is 2. The predicted octanol–water partition coefficient (Wildman–Crippen LogP) is 3.04. The van der Waals surface area contributed by atoms with Crippen molar-refractivity contribution in [2.75, 3.05) is 17.7 Å². The van der Waals surface area contributed by atoms with E-state index in [1.165, 1.54) is 0 Å². The third-order valence-electron chi connectivity index (χ3n) is 5.41. The molecule has 5 rings (SSSR count). The summed E-state index contributed by atoms with van der Waals surface area (Å²) in [6.07, 6.45) is 2.98. The lowest BCUT2D eigenvalue weighted by Gasteiger charge is -2.20. The van der Waals surface area contributed by atoms with E-state index in [2.05, 4.69) is 15.3 Å². The Morgan fingerprint density at radius 2 is 1.77 bits per heavy atom. The van der Waals surface area contributed by atoms with Crippen LogP contribution in [0.15, 0.2) is 65.6 Å². The summed E-state index contributed by atoms with van der Waals surface area (Å²) in [4.78, 5) is 9.35. The van der Waals surface area contributed by atoms with Crippen molar-refractivity contribution >= 4 is 33.9 Å². The van der Waals surface area contributed by atoms with Gasteiger partial charge in [-0.1, -0.05) is 48.5 Å². The third-order valence-corrected chi connectivity index (χ3v) is 7.29. The molecule has 0 amide bonds. The molecule has 1 aromatic heterocycles. The van der Waals surface area contributed by atoms with Crippen LogP contribution in [0.25, 0.3) is 16.9 Å². The van der Waals surface area contributed by atoms with Gasteiger partial charge in [-0.3, -0.25) is 0 Å². The van der Waals surface area contributed by atoms with Crippen molar-refractivity contribution in [1.29, 1.82) is 0 Å². The largest absolute Gasteiger partial charge is 0.491 e. The van der Waals surface area contributed by atoms with Gasteiger partial charge in [0.15, 0.2) is 21.5 Å². The molecular formula is C22H20BN3O4S. The first kappa shape index (κ1) is 19.9. The summed E-state index contributed by atoms with van der Waals surface area (Å²) in [5.74, 6) is 0.875. The molecule has 0 atom stereocenters. The number of nitrogens with zero attached hydrogens (tertiary/aromatic N) is 2. The van der Waals surface area contributed by atoms with Gasteiger partial charge in [-0.25, -0.2) is 18.4 Å². The number of fused-ring (bicyclic) bond motifs is 1. The van der Waals surface area contributed by atoms with Gasteiger partial charge in [0, 0.05) is 11.3 Å². The van der Waals surface area contributed by atoms with Gasteiger partial charge < -0.3 is 15.0 Å². The van der Waals surface area contributed by atoms with Crippen LogP contribution in [0.1, 0.15) is 17.7 Å². The van der Waals surface area contributed by atoms with Crippen LogP contribution in [0.4, 0.5) is 11.5 Å². The van der Waals surface area contributed by atoms with Crippen molar-refractivity contribution in [1.82, 2.24) is 9.97 Å². The highest BCUT2D eigenvalue weighted by atomic mass is 32.2. The van der Waals surface area contributed by atoms with Gasteiger partial charge in [0.05, 0.1) is 18.1 Å². The normalized spacial score (nSPS) is 17.2. The van der Waals surface area contributed by atoms with Crippen LogP contribution in [0.2, 0.25) is 0 Å². The molecule has 156 valence electrons. The van der Waals surface area contributed by atoms with E-state index in [0.29, 0.717) is 42.5 Å². The molecule has 2 aliphatic heterocycles. The SMILES string of the molecule is O=S1(=O)CCCc2nc(-c3ccccc3)nc(Nc3ccc(C4=CCOB4O)cc3)c21. The maximum absolute atomic E-state index is 12.8. The van der Waals surface area contributed by atoms with Gasteiger partial charge >= 0.3 is 7.12 Å². The van der Waals surface area contributed by atoms with E-state index >= 15 is 0 Å². The summed E-state index contributed by atoms with van der Waals surface area (Å²) in [6.45, 7) is 0.379. The molecule has 7 nitrogen and oxygen atoms in total. The molecule has 9 heteroatoms. The molecule has 0 radical (unpaired) electrons. The summed E-state index contributed by atoms with van der Waals surface area (Å²) in [5, 5.41) is 13.1. The lowest BCUT2D eigenvalue weighted by atomic mass is 9.76. The number of aromatic nitrogens is 2. The zero-order valence-corrected chi connectivity index (χ0v) is 17.5. The van der Waals surface area contributed by atoms with E-state index in [-0.39, 0.29) is 10.6 Å². The molecule has 0 bridgehead atoms. The third kappa shape index (κ3) is 3.87. The zero-order valence-electron chi connectivity index (χ0n) is 16.7. The molecule has 0 spiro atoms. The fourth-order valence-electron chi connectivity index (χ4n) is 3.89. The monoisotopic (exact) mass is 433 g/mol. The quantitative estimate of drug-likeness (QED) is 0.610. The molecule has 2 aliphatic rings. The fourth-order valence-corrected chi connectivity index (χ4v) is 5.52. The van der Waals surface area contributed by atoms with Gasteiger partial charge in [0.25, 0.3) is 0 Å². The lowest BCUT2D eigenvalue weighted by molar-refractivity contribution is 0.316.